The number of aryl methyl sites for hydroxylation is 1. The molecule has 1 saturated carbocycles. The molecular weight excluding hydrogens is 781 g/mol. The molecular formula is C42H54N6O10S. The molecule has 6 atom stereocenters. The molecule has 318 valence electrons. The van der Waals surface area contributed by atoms with E-state index in [2.05, 4.69) is 27.5 Å². The van der Waals surface area contributed by atoms with Gasteiger partial charge in [0.2, 0.25) is 17.7 Å². The molecule has 0 radical (unpaired) electrons. The maximum atomic E-state index is 14.6. The minimum absolute atomic E-state index is 0.00168. The zero-order chi connectivity index (χ0) is 43.0. The fraction of sp³-hybridized carbons (Fsp3) is 0.548. The highest BCUT2D eigenvalue weighted by molar-refractivity contribution is 7.14. The molecule has 3 aromatic rings. The van der Waals surface area contributed by atoms with Crippen LogP contribution in [0.25, 0.3) is 22.3 Å². The molecule has 4 heterocycles. The number of fused-ring (bicyclic) bond motifs is 1. The first-order valence-corrected chi connectivity index (χ1v) is 20.5. The van der Waals surface area contributed by atoms with Crippen molar-refractivity contribution in [2.24, 2.45) is 16.7 Å². The SMILES string of the molecule is C=C[C@@H]1C[C@]1(NC(=O)[C@@H]1C[C@@H](Oc2cc(-c3csc(NC(=O)CC(C)(C)C)n3)nc3c(C)c(OC)ccc23)CN1C(=O)[C@@H](NC(=O)O[C@H]1CCOC1)C(C)(C)C)C(=O)O. The minimum atomic E-state index is -1.55. The van der Waals surface area contributed by atoms with Gasteiger partial charge < -0.3 is 44.9 Å². The summed E-state index contributed by atoms with van der Waals surface area (Å²) in [7, 11) is 1.56. The number of nitrogens with one attached hydrogen (secondary N) is 3. The summed E-state index contributed by atoms with van der Waals surface area (Å²) in [5.74, 6) is -2.08. The van der Waals surface area contributed by atoms with Gasteiger partial charge in [-0.2, -0.15) is 0 Å². The molecule has 17 heteroatoms. The Kier molecular flexibility index (Phi) is 12.3. The second kappa shape index (κ2) is 16.8. The second-order valence-electron chi connectivity index (χ2n) is 17.7. The zero-order valence-corrected chi connectivity index (χ0v) is 35.6. The third kappa shape index (κ3) is 9.62. The van der Waals surface area contributed by atoms with Crippen LogP contribution in [0.3, 0.4) is 0 Å². The predicted molar refractivity (Wildman–Crippen MR) is 220 cm³/mol. The monoisotopic (exact) mass is 834 g/mol. The molecule has 1 aliphatic carbocycles. The molecule has 0 unspecified atom stereocenters. The number of hydrogen-bond donors (Lipinski definition) is 4. The number of aliphatic carboxylic acids is 1. The van der Waals surface area contributed by atoms with E-state index >= 15 is 0 Å². The molecule has 2 aromatic heterocycles. The maximum absolute atomic E-state index is 14.6. The van der Waals surface area contributed by atoms with Gasteiger partial charge in [-0.1, -0.05) is 47.6 Å². The van der Waals surface area contributed by atoms with Crippen molar-refractivity contribution < 1.29 is 48.0 Å². The molecule has 3 aliphatic rings. The Labute approximate surface area is 347 Å². The maximum Gasteiger partial charge on any atom is 0.408 e. The average Bonchev–Trinajstić information content (AvgIpc) is 3.56. The Morgan fingerprint density at radius 2 is 1.85 bits per heavy atom. The second-order valence-corrected chi connectivity index (χ2v) is 18.6. The number of alkyl carbamates (subject to hydrolysis) is 1. The van der Waals surface area contributed by atoms with E-state index in [1.54, 1.807) is 45.4 Å². The number of pyridine rings is 1. The Morgan fingerprint density at radius 1 is 1.10 bits per heavy atom. The van der Waals surface area contributed by atoms with Crippen LogP contribution in [0.4, 0.5) is 9.93 Å². The molecule has 2 saturated heterocycles. The largest absolute Gasteiger partial charge is 0.496 e. The lowest BCUT2D eigenvalue weighted by Gasteiger charge is -2.35. The van der Waals surface area contributed by atoms with Gasteiger partial charge >= 0.3 is 12.1 Å². The fourth-order valence-corrected chi connectivity index (χ4v) is 8.24. The average molecular weight is 835 g/mol. The standard InChI is InChI=1S/C42H54N6O10S/c1-10-23-17-42(23,37(52)53)47-35(50)29-15-25(19-48(29)36(51)34(41(6,7)8)46-39(54)58-24-13-14-56-20-24)57-31-16-27(43-33-22(2)30(55-9)12-11-26(31)33)28-21-59-38(44-28)45-32(49)18-40(3,4)5/h10-12,16,21,23-25,29,34H,1,13-15,17-20H2,2-9H3,(H,46,54)(H,47,50)(H,52,53)(H,44,45,49)/t23-,24+,25-,29+,34-,42-/m1/s1. The Morgan fingerprint density at radius 3 is 2.46 bits per heavy atom. The minimum Gasteiger partial charge on any atom is -0.496 e. The van der Waals surface area contributed by atoms with Crippen molar-refractivity contribution in [3.63, 3.8) is 0 Å². The molecule has 6 rings (SSSR count). The summed E-state index contributed by atoms with van der Waals surface area (Å²) in [6.07, 6.45) is 0.482. The number of carbonyl (C=O) groups excluding carboxylic acids is 4. The number of carboxylic acid groups (broad SMARTS) is 1. The van der Waals surface area contributed by atoms with Crippen LogP contribution in [-0.4, -0.2) is 106 Å². The first-order valence-electron chi connectivity index (χ1n) is 19.7. The van der Waals surface area contributed by atoms with E-state index in [0.29, 0.717) is 58.4 Å². The van der Waals surface area contributed by atoms with Crippen LogP contribution in [0, 0.1) is 23.7 Å². The number of amides is 4. The summed E-state index contributed by atoms with van der Waals surface area (Å²) in [6.45, 7) is 17.5. The van der Waals surface area contributed by atoms with Crippen molar-refractivity contribution in [2.75, 3.05) is 32.2 Å². The summed E-state index contributed by atoms with van der Waals surface area (Å²) in [5, 5.41) is 21.3. The third-order valence-electron chi connectivity index (χ3n) is 10.8. The van der Waals surface area contributed by atoms with Gasteiger partial charge in [0, 0.05) is 47.6 Å². The van der Waals surface area contributed by atoms with Crippen molar-refractivity contribution in [3.8, 4) is 22.9 Å². The Bertz CT molecular complexity index is 2140. The zero-order valence-electron chi connectivity index (χ0n) is 34.8. The number of ether oxygens (including phenoxy) is 4. The van der Waals surface area contributed by atoms with Gasteiger partial charge in [-0.05, 0) is 36.3 Å². The van der Waals surface area contributed by atoms with Crippen molar-refractivity contribution in [2.45, 2.75) is 104 Å². The number of thiazole rings is 1. The van der Waals surface area contributed by atoms with E-state index < -0.39 is 65.0 Å². The molecule has 4 N–H and O–H groups in total. The third-order valence-corrected chi connectivity index (χ3v) is 11.5. The fourth-order valence-electron chi connectivity index (χ4n) is 7.52. The van der Waals surface area contributed by atoms with Crippen LogP contribution >= 0.6 is 11.3 Å². The number of methoxy groups -OCH3 is 1. The summed E-state index contributed by atoms with van der Waals surface area (Å²) in [5.41, 5.74) is -0.344. The topological polar surface area (TPSA) is 208 Å². The van der Waals surface area contributed by atoms with E-state index in [4.69, 9.17) is 23.9 Å². The number of anilines is 1. The van der Waals surface area contributed by atoms with Gasteiger partial charge in [0.05, 0.1) is 38.1 Å². The highest BCUT2D eigenvalue weighted by atomic mass is 32.1. The lowest BCUT2D eigenvalue weighted by Crippen LogP contribution is -2.59. The summed E-state index contributed by atoms with van der Waals surface area (Å²) < 4.78 is 23.2. The number of carboxylic acids is 1. The molecule has 4 amide bonds. The first-order chi connectivity index (χ1) is 27.7. The molecule has 0 bridgehead atoms. The van der Waals surface area contributed by atoms with Gasteiger partial charge in [0.15, 0.2) is 5.13 Å². The van der Waals surface area contributed by atoms with E-state index in [1.165, 1.54) is 22.3 Å². The van der Waals surface area contributed by atoms with Crippen molar-refractivity contribution >= 4 is 57.2 Å². The van der Waals surface area contributed by atoms with Crippen LogP contribution in [-0.2, 0) is 28.7 Å². The number of nitrogens with zero attached hydrogens (tertiary/aromatic N) is 3. The first kappa shape index (κ1) is 43.3. The van der Waals surface area contributed by atoms with Crippen molar-refractivity contribution in [3.05, 3.63) is 41.8 Å². The summed E-state index contributed by atoms with van der Waals surface area (Å²) in [4.78, 5) is 78.0. The molecule has 2 aliphatic heterocycles. The number of hydrogen-bond acceptors (Lipinski definition) is 12. The van der Waals surface area contributed by atoms with Crippen molar-refractivity contribution in [1.29, 1.82) is 0 Å². The van der Waals surface area contributed by atoms with Crippen LogP contribution in [0.15, 0.2) is 36.2 Å². The Balaban J connectivity index is 1.33. The number of carbonyl (C=O) groups is 5. The number of benzene rings is 1. The normalized spacial score (nSPS) is 23.3. The highest BCUT2D eigenvalue weighted by Gasteiger charge is 2.61. The van der Waals surface area contributed by atoms with Crippen molar-refractivity contribution in [1.82, 2.24) is 25.5 Å². The predicted octanol–water partition coefficient (Wildman–Crippen LogP) is 5.47. The number of likely N-dealkylation sites (tertiary alicyclic amines) is 1. The Hall–Kier alpha value is -5.29. The van der Waals surface area contributed by atoms with Gasteiger partial charge in [-0.15, -0.1) is 17.9 Å². The van der Waals surface area contributed by atoms with Crippen LogP contribution < -0.4 is 25.4 Å². The smallest absolute Gasteiger partial charge is 0.408 e. The van der Waals surface area contributed by atoms with E-state index in [-0.39, 0.29) is 37.3 Å². The summed E-state index contributed by atoms with van der Waals surface area (Å²) in [6, 6.07) is 3.05. The van der Waals surface area contributed by atoms with Gasteiger partial charge in [0.25, 0.3) is 0 Å². The molecule has 1 aromatic carbocycles. The quantitative estimate of drug-likeness (QED) is 0.158. The molecule has 16 nitrogen and oxygen atoms in total. The van der Waals surface area contributed by atoms with Gasteiger partial charge in [-0.25, -0.2) is 19.6 Å². The highest BCUT2D eigenvalue weighted by Crippen LogP contribution is 2.45. The molecule has 0 spiro atoms. The van der Waals surface area contributed by atoms with Gasteiger partial charge in [0.1, 0.15) is 47.0 Å². The van der Waals surface area contributed by atoms with E-state index in [0.717, 1.165) is 5.56 Å². The van der Waals surface area contributed by atoms with E-state index in [9.17, 15) is 29.1 Å². The van der Waals surface area contributed by atoms with Gasteiger partial charge in [-0.3, -0.25) is 14.4 Å². The lowest BCUT2D eigenvalue weighted by atomic mass is 9.85. The van der Waals surface area contributed by atoms with Crippen LogP contribution in [0.1, 0.15) is 72.8 Å². The van der Waals surface area contributed by atoms with Crippen LogP contribution in [0.2, 0.25) is 0 Å². The molecule has 59 heavy (non-hydrogen) atoms. The van der Waals surface area contributed by atoms with Crippen LogP contribution in [0.5, 0.6) is 11.5 Å². The summed E-state index contributed by atoms with van der Waals surface area (Å²) >= 11 is 1.26. The molecule has 3 fully saturated rings. The van der Waals surface area contributed by atoms with E-state index in [1.807, 2.05) is 33.8 Å². The number of rotatable bonds is 13. The lowest BCUT2D eigenvalue weighted by molar-refractivity contribution is -0.146. The number of aromatic nitrogens is 2.